The van der Waals surface area contributed by atoms with E-state index in [1.807, 2.05) is 4.72 Å². The maximum Gasteiger partial charge on any atom is 0.325 e. The number of hydrogen-bond acceptors (Lipinski definition) is 7. The van der Waals surface area contributed by atoms with Crippen molar-refractivity contribution in [2.45, 2.75) is 24.6 Å². The van der Waals surface area contributed by atoms with E-state index in [2.05, 4.69) is 10.3 Å². The SMILES string of the molecule is C[C@H](NS(=O)(=O)c1ccccc1F)C(=O)OCn1nnc2ccccc2c1=O. The number of rotatable bonds is 6. The van der Waals surface area contributed by atoms with Gasteiger partial charge < -0.3 is 4.74 Å². The Labute approximate surface area is 158 Å². The summed E-state index contributed by atoms with van der Waals surface area (Å²) in [6.45, 7) is 0.677. The van der Waals surface area contributed by atoms with Crippen molar-refractivity contribution in [1.29, 1.82) is 0 Å². The van der Waals surface area contributed by atoms with Crippen molar-refractivity contribution in [2.75, 3.05) is 0 Å². The molecular weight excluding hydrogens is 391 g/mol. The molecule has 9 nitrogen and oxygen atoms in total. The fourth-order valence-corrected chi connectivity index (χ4v) is 3.64. The lowest BCUT2D eigenvalue weighted by Crippen LogP contribution is -2.40. The number of nitrogens with one attached hydrogen (secondary N) is 1. The lowest BCUT2D eigenvalue weighted by Gasteiger charge is -2.14. The molecule has 0 unspecified atom stereocenters. The topological polar surface area (TPSA) is 120 Å². The van der Waals surface area contributed by atoms with Crippen molar-refractivity contribution >= 4 is 26.9 Å². The van der Waals surface area contributed by atoms with Gasteiger partial charge in [-0.15, -0.1) is 5.10 Å². The van der Waals surface area contributed by atoms with Gasteiger partial charge in [-0.05, 0) is 31.2 Å². The van der Waals surface area contributed by atoms with Crippen LogP contribution in [0, 0.1) is 5.82 Å². The average Bonchev–Trinajstić information content (AvgIpc) is 2.67. The summed E-state index contributed by atoms with van der Waals surface area (Å²) >= 11 is 0. The van der Waals surface area contributed by atoms with Gasteiger partial charge in [0, 0.05) is 0 Å². The van der Waals surface area contributed by atoms with Crippen LogP contribution in [0.2, 0.25) is 0 Å². The molecule has 0 aliphatic rings. The number of carbonyl (C=O) groups excluding carboxylic acids is 1. The quantitative estimate of drug-likeness (QED) is 0.601. The molecule has 146 valence electrons. The van der Waals surface area contributed by atoms with E-state index in [0.29, 0.717) is 10.9 Å². The zero-order valence-corrected chi connectivity index (χ0v) is 15.4. The molecule has 0 bridgehead atoms. The average molecular weight is 406 g/mol. The molecule has 1 heterocycles. The molecule has 11 heteroatoms. The van der Waals surface area contributed by atoms with Crippen LogP contribution in [0.25, 0.3) is 10.9 Å². The smallest absolute Gasteiger partial charge is 0.325 e. The van der Waals surface area contributed by atoms with Crippen molar-refractivity contribution in [3.05, 3.63) is 64.7 Å². The Bertz CT molecular complexity index is 1200. The lowest BCUT2D eigenvalue weighted by molar-refractivity contribution is -0.149. The highest BCUT2D eigenvalue weighted by molar-refractivity contribution is 7.89. The highest BCUT2D eigenvalue weighted by atomic mass is 32.2. The number of esters is 1. The van der Waals surface area contributed by atoms with Crippen molar-refractivity contribution in [2.24, 2.45) is 0 Å². The van der Waals surface area contributed by atoms with Gasteiger partial charge in [-0.25, -0.2) is 12.8 Å². The fraction of sp³-hybridized carbons (Fsp3) is 0.176. The Morgan fingerprint density at radius 1 is 1.21 bits per heavy atom. The Morgan fingerprint density at radius 2 is 1.89 bits per heavy atom. The molecule has 1 atom stereocenters. The molecule has 0 aliphatic heterocycles. The third-order valence-corrected chi connectivity index (χ3v) is 5.34. The van der Waals surface area contributed by atoms with Gasteiger partial charge in [0.15, 0.2) is 6.73 Å². The minimum absolute atomic E-state index is 0.293. The number of ether oxygens (including phenoxy) is 1. The van der Waals surface area contributed by atoms with E-state index in [4.69, 9.17) is 4.74 Å². The third-order valence-electron chi connectivity index (χ3n) is 3.77. The first-order valence-corrected chi connectivity index (χ1v) is 9.54. The maximum atomic E-state index is 13.7. The second kappa shape index (κ2) is 7.82. The van der Waals surface area contributed by atoms with E-state index in [9.17, 15) is 22.4 Å². The Balaban J connectivity index is 1.69. The molecule has 0 fully saturated rings. The summed E-state index contributed by atoms with van der Waals surface area (Å²) < 4.78 is 45.9. The van der Waals surface area contributed by atoms with E-state index >= 15 is 0 Å². The van der Waals surface area contributed by atoms with E-state index in [1.165, 1.54) is 19.1 Å². The van der Waals surface area contributed by atoms with E-state index in [-0.39, 0.29) is 0 Å². The first-order valence-electron chi connectivity index (χ1n) is 8.05. The molecule has 1 aromatic heterocycles. The summed E-state index contributed by atoms with van der Waals surface area (Å²) in [7, 11) is -4.28. The number of nitrogens with zero attached hydrogens (tertiary/aromatic N) is 3. The molecule has 0 amide bonds. The first kappa shape index (κ1) is 19.6. The summed E-state index contributed by atoms with van der Waals surface area (Å²) in [4.78, 5) is 23.8. The van der Waals surface area contributed by atoms with E-state index in [1.54, 1.807) is 24.3 Å². The van der Waals surface area contributed by atoms with Crippen molar-refractivity contribution in [1.82, 2.24) is 19.7 Å². The third kappa shape index (κ3) is 4.05. The van der Waals surface area contributed by atoms with Gasteiger partial charge in [0.25, 0.3) is 5.56 Å². The maximum absolute atomic E-state index is 13.7. The molecule has 0 saturated heterocycles. The molecular formula is C17H15FN4O5S. The van der Waals surface area contributed by atoms with Gasteiger partial charge in [-0.2, -0.15) is 9.40 Å². The standard InChI is InChI=1S/C17H15FN4O5S/c1-11(20-28(25,26)15-9-5-3-7-13(15)18)17(24)27-10-22-16(23)12-6-2-4-8-14(12)19-21-22/h2-9,11,20H,10H2,1H3/t11-/m0/s1. The van der Waals surface area contributed by atoms with Crippen LogP contribution in [0.15, 0.2) is 58.2 Å². The van der Waals surface area contributed by atoms with Gasteiger partial charge in [-0.3, -0.25) is 9.59 Å². The predicted molar refractivity (Wildman–Crippen MR) is 96.1 cm³/mol. The van der Waals surface area contributed by atoms with Crippen LogP contribution in [-0.2, 0) is 26.3 Å². The molecule has 0 aliphatic carbocycles. The Morgan fingerprint density at radius 3 is 2.64 bits per heavy atom. The van der Waals surface area contributed by atoms with Crippen LogP contribution >= 0.6 is 0 Å². The van der Waals surface area contributed by atoms with Crippen LogP contribution in [0.4, 0.5) is 4.39 Å². The molecule has 1 N–H and O–H groups in total. The number of benzene rings is 2. The monoisotopic (exact) mass is 406 g/mol. The number of carbonyl (C=O) groups is 1. The summed E-state index contributed by atoms with van der Waals surface area (Å²) in [6, 6.07) is 9.94. The Kier molecular flexibility index (Phi) is 5.47. The van der Waals surface area contributed by atoms with E-state index in [0.717, 1.165) is 16.8 Å². The van der Waals surface area contributed by atoms with Crippen LogP contribution in [0.1, 0.15) is 6.92 Å². The van der Waals surface area contributed by atoms with Gasteiger partial charge in [0.2, 0.25) is 10.0 Å². The molecule has 3 aromatic rings. The highest BCUT2D eigenvalue weighted by Crippen LogP contribution is 2.13. The first-order chi connectivity index (χ1) is 13.3. The van der Waals surface area contributed by atoms with Crippen molar-refractivity contribution in [3.63, 3.8) is 0 Å². The summed E-state index contributed by atoms with van der Waals surface area (Å²) in [5.74, 6) is -1.92. The lowest BCUT2D eigenvalue weighted by atomic mass is 10.2. The van der Waals surface area contributed by atoms with Crippen molar-refractivity contribution in [3.8, 4) is 0 Å². The zero-order chi connectivity index (χ0) is 20.3. The van der Waals surface area contributed by atoms with Crippen LogP contribution in [-0.4, -0.2) is 35.4 Å². The van der Waals surface area contributed by atoms with Gasteiger partial charge in [0.1, 0.15) is 22.3 Å². The predicted octanol–water partition coefficient (Wildman–Crippen LogP) is 0.798. The van der Waals surface area contributed by atoms with Gasteiger partial charge in [0.05, 0.1) is 5.39 Å². The zero-order valence-electron chi connectivity index (χ0n) is 14.6. The van der Waals surface area contributed by atoms with Crippen LogP contribution < -0.4 is 10.3 Å². The summed E-state index contributed by atoms with van der Waals surface area (Å²) in [6.07, 6.45) is 0. The number of hydrogen-bond donors (Lipinski definition) is 1. The number of halogens is 1. The Hall–Kier alpha value is -3.18. The molecule has 0 spiro atoms. The minimum atomic E-state index is -4.28. The van der Waals surface area contributed by atoms with Gasteiger partial charge in [-0.1, -0.05) is 29.5 Å². The fourth-order valence-electron chi connectivity index (χ4n) is 2.36. The second-order valence-electron chi connectivity index (χ2n) is 5.78. The summed E-state index contributed by atoms with van der Waals surface area (Å²) in [5, 5.41) is 7.80. The van der Waals surface area contributed by atoms with E-state index < -0.39 is 45.0 Å². The second-order valence-corrected chi connectivity index (χ2v) is 7.46. The number of fused-ring (bicyclic) bond motifs is 1. The van der Waals surface area contributed by atoms with Gasteiger partial charge >= 0.3 is 5.97 Å². The van der Waals surface area contributed by atoms with Crippen LogP contribution in [0.5, 0.6) is 0 Å². The summed E-state index contributed by atoms with van der Waals surface area (Å²) in [5.41, 5.74) is -0.126. The molecule has 2 aromatic carbocycles. The number of aromatic nitrogens is 3. The normalized spacial score (nSPS) is 12.6. The molecule has 0 radical (unpaired) electrons. The highest BCUT2D eigenvalue weighted by Gasteiger charge is 2.25. The van der Waals surface area contributed by atoms with Crippen LogP contribution in [0.3, 0.4) is 0 Å². The number of sulfonamides is 1. The molecule has 0 saturated carbocycles. The molecule has 3 rings (SSSR count). The molecule has 28 heavy (non-hydrogen) atoms. The largest absolute Gasteiger partial charge is 0.441 e. The minimum Gasteiger partial charge on any atom is -0.441 e. The van der Waals surface area contributed by atoms with Crippen molar-refractivity contribution < 1.29 is 22.3 Å².